The molecule has 1 fully saturated rings. The fourth-order valence-corrected chi connectivity index (χ4v) is 3.97. The fraction of sp³-hybridized carbons (Fsp3) is 0.545. The summed E-state index contributed by atoms with van der Waals surface area (Å²) in [6.45, 7) is 8.01. The summed E-state index contributed by atoms with van der Waals surface area (Å²) < 4.78 is 5.45. The standard InChI is InChI=1S/C22H29N5O3/c1-14-16(4-5-18(24-14)22(2,3)29)17-12-23-20-21(25-17)27(13-19(28)26-20)9-6-15-7-10-30-11-8-15/h4-5,12,15,29H,6-11,13H2,1-3H3,(H,23,26,28). The summed E-state index contributed by atoms with van der Waals surface area (Å²) in [5.41, 5.74) is 1.95. The lowest BCUT2D eigenvalue weighted by Crippen LogP contribution is -2.40. The molecule has 0 atom stereocenters. The Morgan fingerprint density at radius 2 is 2.03 bits per heavy atom. The normalized spacial score (nSPS) is 17.6. The van der Waals surface area contributed by atoms with Crippen LogP contribution in [0.25, 0.3) is 11.3 Å². The Bertz CT molecular complexity index is 935. The second-order valence-electron chi connectivity index (χ2n) is 8.63. The summed E-state index contributed by atoms with van der Waals surface area (Å²) >= 11 is 0. The highest BCUT2D eigenvalue weighted by atomic mass is 16.5. The lowest BCUT2D eigenvalue weighted by molar-refractivity contribution is -0.115. The van der Waals surface area contributed by atoms with Crippen LogP contribution in [0.4, 0.5) is 11.6 Å². The second kappa shape index (κ2) is 8.28. The Kier molecular flexibility index (Phi) is 5.71. The van der Waals surface area contributed by atoms with E-state index in [1.54, 1.807) is 20.0 Å². The highest BCUT2D eigenvalue weighted by molar-refractivity contribution is 5.99. The second-order valence-corrected chi connectivity index (χ2v) is 8.63. The van der Waals surface area contributed by atoms with Gasteiger partial charge >= 0.3 is 0 Å². The number of amides is 1. The van der Waals surface area contributed by atoms with Crippen LogP contribution in [0.15, 0.2) is 18.3 Å². The maximum atomic E-state index is 12.2. The van der Waals surface area contributed by atoms with Crippen molar-refractivity contribution in [1.29, 1.82) is 0 Å². The number of aryl methyl sites for hydroxylation is 1. The van der Waals surface area contributed by atoms with Crippen LogP contribution in [-0.4, -0.2) is 52.3 Å². The molecule has 0 aliphatic carbocycles. The molecule has 2 N–H and O–H groups in total. The monoisotopic (exact) mass is 411 g/mol. The molecule has 2 aromatic rings. The van der Waals surface area contributed by atoms with Crippen LogP contribution in [0.1, 0.15) is 44.5 Å². The molecule has 160 valence electrons. The molecule has 1 saturated heterocycles. The molecule has 0 saturated carbocycles. The summed E-state index contributed by atoms with van der Waals surface area (Å²) in [6, 6.07) is 3.73. The summed E-state index contributed by atoms with van der Waals surface area (Å²) in [4.78, 5) is 28.0. The van der Waals surface area contributed by atoms with E-state index in [1.165, 1.54) is 0 Å². The zero-order valence-corrected chi connectivity index (χ0v) is 17.8. The third kappa shape index (κ3) is 4.44. The molecule has 30 heavy (non-hydrogen) atoms. The molecule has 2 aliphatic rings. The summed E-state index contributed by atoms with van der Waals surface area (Å²) in [5.74, 6) is 1.75. The first-order valence-corrected chi connectivity index (χ1v) is 10.5. The number of hydrogen-bond acceptors (Lipinski definition) is 7. The third-order valence-corrected chi connectivity index (χ3v) is 5.78. The van der Waals surface area contributed by atoms with Gasteiger partial charge in [-0.25, -0.2) is 9.97 Å². The minimum atomic E-state index is -1.00. The number of pyridine rings is 1. The molecule has 0 aromatic carbocycles. The van der Waals surface area contributed by atoms with Gasteiger partial charge in [-0.1, -0.05) is 0 Å². The van der Waals surface area contributed by atoms with E-state index >= 15 is 0 Å². The molecule has 0 spiro atoms. The minimum Gasteiger partial charge on any atom is -0.384 e. The van der Waals surface area contributed by atoms with Crippen molar-refractivity contribution in [2.24, 2.45) is 5.92 Å². The molecule has 2 aliphatic heterocycles. The van der Waals surface area contributed by atoms with Crippen LogP contribution >= 0.6 is 0 Å². The zero-order valence-electron chi connectivity index (χ0n) is 17.8. The SMILES string of the molecule is Cc1nc(C(C)(C)O)ccc1-c1cnc2c(n1)N(CCC1CCOCC1)CC(=O)N2. The number of aliphatic hydroxyl groups is 1. The van der Waals surface area contributed by atoms with E-state index in [0.717, 1.165) is 50.3 Å². The third-order valence-electron chi connectivity index (χ3n) is 5.78. The molecule has 0 bridgehead atoms. The van der Waals surface area contributed by atoms with Crippen molar-refractivity contribution in [2.75, 3.05) is 36.5 Å². The van der Waals surface area contributed by atoms with Crippen molar-refractivity contribution >= 4 is 17.5 Å². The van der Waals surface area contributed by atoms with E-state index < -0.39 is 5.60 Å². The molecule has 8 nitrogen and oxygen atoms in total. The van der Waals surface area contributed by atoms with Crippen LogP contribution in [0.2, 0.25) is 0 Å². The summed E-state index contributed by atoms with van der Waals surface area (Å²) in [7, 11) is 0. The molecule has 1 amide bonds. The van der Waals surface area contributed by atoms with Gasteiger partial charge < -0.3 is 20.1 Å². The number of ether oxygens (including phenoxy) is 1. The molecule has 8 heteroatoms. The number of rotatable bonds is 5. The first kappa shape index (κ1) is 20.7. The number of nitrogens with one attached hydrogen (secondary N) is 1. The van der Waals surface area contributed by atoms with Gasteiger partial charge in [-0.2, -0.15) is 0 Å². The Hall–Kier alpha value is -2.58. The van der Waals surface area contributed by atoms with Gasteiger partial charge in [0.25, 0.3) is 0 Å². The Labute approximate surface area is 176 Å². The van der Waals surface area contributed by atoms with Gasteiger partial charge in [-0.05, 0) is 58.1 Å². The van der Waals surface area contributed by atoms with Gasteiger partial charge in [-0.15, -0.1) is 0 Å². The summed E-state index contributed by atoms with van der Waals surface area (Å²) in [6.07, 6.45) is 4.80. The predicted octanol–water partition coefficient (Wildman–Crippen LogP) is 2.65. The number of nitrogens with zero attached hydrogens (tertiary/aromatic N) is 4. The van der Waals surface area contributed by atoms with E-state index in [4.69, 9.17) is 9.72 Å². The molecule has 4 rings (SSSR count). The largest absolute Gasteiger partial charge is 0.384 e. The minimum absolute atomic E-state index is 0.0658. The number of anilines is 2. The van der Waals surface area contributed by atoms with E-state index in [0.29, 0.717) is 28.9 Å². The van der Waals surface area contributed by atoms with Crippen molar-refractivity contribution in [1.82, 2.24) is 15.0 Å². The molecular formula is C22H29N5O3. The molecule has 0 radical (unpaired) electrons. The summed E-state index contributed by atoms with van der Waals surface area (Å²) in [5, 5.41) is 13.0. The van der Waals surface area contributed by atoms with Crippen LogP contribution in [0.3, 0.4) is 0 Å². The van der Waals surface area contributed by atoms with Crippen molar-refractivity contribution in [3.05, 3.63) is 29.7 Å². The maximum Gasteiger partial charge on any atom is 0.245 e. The van der Waals surface area contributed by atoms with Crippen LogP contribution in [0.5, 0.6) is 0 Å². The number of hydrogen-bond donors (Lipinski definition) is 2. The number of fused-ring (bicyclic) bond motifs is 1. The molecule has 4 heterocycles. The smallest absolute Gasteiger partial charge is 0.245 e. The first-order chi connectivity index (χ1) is 14.3. The van der Waals surface area contributed by atoms with Gasteiger partial charge in [0.15, 0.2) is 11.6 Å². The van der Waals surface area contributed by atoms with Crippen LogP contribution < -0.4 is 10.2 Å². The predicted molar refractivity (Wildman–Crippen MR) is 114 cm³/mol. The Morgan fingerprint density at radius 1 is 1.27 bits per heavy atom. The van der Waals surface area contributed by atoms with E-state index in [9.17, 15) is 9.90 Å². The Balaban J connectivity index is 1.60. The molecular weight excluding hydrogens is 382 g/mol. The molecule has 0 unspecified atom stereocenters. The van der Waals surface area contributed by atoms with Crippen molar-refractivity contribution in [2.45, 2.75) is 45.6 Å². The van der Waals surface area contributed by atoms with Crippen LogP contribution in [0, 0.1) is 12.8 Å². The highest BCUT2D eigenvalue weighted by Crippen LogP contribution is 2.31. The van der Waals surface area contributed by atoms with Crippen molar-refractivity contribution in [3.63, 3.8) is 0 Å². The van der Waals surface area contributed by atoms with Gasteiger partial charge in [-0.3, -0.25) is 9.78 Å². The van der Waals surface area contributed by atoms with Gasteiger partial charge in [0.1, 0.15) is 5.60 Å². The van der Waals surface area contributed by atoms with E-state index in [-0.39, 0.29) is 12.5 Å². The average molecular weight is 412 g/mol. The Morgan fingerprint density at radius 3 is 2.73 bits per heavy atom. The zero-order chi connectivity index (χ0) is 21.3. The van der Waals surface area contributed by atoms with E-state index in [2.05, 4.69) is 15.3 Å². The fourth-order valence-electron chi connectivity index (χ4n) is 3.97. The number of carbonyl (C=O) groups is 1. The lowest BCUT2D eigenvalue weighted by Gasteiger charge is -2.31. The van der Waals surface area contributed by atoms with Crippen molar-refractivity contribution < 1.29 is 14.6 Å². The maximum absolute atomic E-state index is 12.2. The van der Waals surface area contributed by atoms with Crippen molar-refractivity contribution in [3.8, 4) is 11.3 Å². The van der Waals surface area contributed by atoms with Gasteiger partial charge in [0.05, 0.1) is 24.1 Å². The van der Waals surface area contributed by atoms with Crippen LogP contribution in [-0.2, 0) is 15.1 Å². The first-order valence-electron chi connectivity index (χ1n) is 10.5. The number of carbonyl (C=O) groups excluding carboxylic acids is 1. The average Bonchev–Trinajstić information content (AvgIpc) is 2.72. The lowest BCUT2D eigenvalue weighted by atomic mass is 9.96. The highest BCUT2D eigenvalue weighted by Gasteiger charge is 2.27. The topological polar surface area (TPSA) is 100 Å². The number of aromatic nitrogens is 3. The van der Waals surface area contributed by atoms with E-state index in [1.807, 2.05) is 24.0 Å². The van der Waals surface area contributed by atoms with Gasteiger partial charge in [0, 0.05) is 31.0 Å². The quantitative estimate of drug-likeness (QED) is 0.780. The molecule has 2 aromatic heterocycles. The van der Waals surface area contributed by atoms with Gasteiger partial charge in [0.2, 0.25) is 5.91 Å².